The number of piperidine rings is 1. The zero-order chi connectivity index (χ0) is 18.7. The molecule has 2 aliphatic rings. The van der Waals surface area contributed by atoms with Crippen molar-refractivity contribution in [1.82, 2.24) is 20.5 Å². The van der Waals surface area contributed by atoms with Gasteiger partial charge in [0, 0.05) is 43.6 Å². The van der Waals surface area contributed by atoms with Gasteiger partial charge in [-0.3, -0.25) is 9.78 Å². The van der Waals surface area contributed by atoms with Crippen molar-refractivity contribution in [1.29, 1.82) is 0 Å². The summed E-state index contributed by atoms with van der Waals surface area (Å²) < 4.78 is 0. The van der Waals surface area contributed by atoms with Crippen molar-refractivity contribution in [3.63, 3.8) is 0 Å². The van der Waals surface area contributed by atoms with E-state index in [0.717, 1.165) is 25.1 Å². The summed E-state index contributed by atoms with van der Waals surface area (Å²) in [6.07, 6.45) is 7.72. The summed E-state index contributed by atoms with van der Waals surface area (Å²) in [4.78, 5) is 30.0. The number of carbonyl (C=O) groups excluding carboxylic acids is 2. The van der Waals surface area contributed by atoms with Gasteiger partial charge < -0.3 is 15.5 Å². The molecule has 2 N–H and O–H groups in total. The first-order chi connectivity index (χ1) is 12.3. The normalized spacial score (nSPS) is 24.4. The number of hydrogen-bond donors (Lipinski definition) is 2. The summed E-state index contributed by atoms with van der Waals surface area (Å²) in [7, 11) is 0. The lowest BCUT2D eigenvalue weighted by atomic mass is 10.1. The Morgan fingerprint density at radius 3 is 2.65 bits per heavy atom. The van der Waals surface area contributed by atoms with Crippen LogP contribution < -0.4 is 10.6 Å². The highest BCUT2D eigenvalue weighted by atomic mass is 16.2. The van der Waals surface area contributed by atoms with Gasteiger partial charge >= 0.3 is 6.03 Å². The number of aromatic nitrogens is 1. The molecule has 6 heteroatoms. The van der Waals surface area contributed by atoms with E-state index in [1.807, 2.05) is 37.8 Å². The minimum atomic E-state index is -0.198. The molecule has 1 aliphatic heterocycles. The molecule has 1 unspecified atom stereocenters. The van der Waals surface area contributed by atoms with Gasteiger partial charge in [0.05, 0.1) is 0 Å². The van der Waals surface area contributed by atoms with E-state index in [0.29, 0.717) is 24.3 Å². The number of hydrogen-bond acceptors (Lipinski definition) is 3. The van der Waals surface area contributed by atoms with E-state index in [-0.39, 0.29) is 17.5 Å². The molecule has 3 amide bonds. The van der Waals surface area contributed by atoms with E-state index in [1.54, 1.807) is 24.5 Å². The van der Waals surface area contributed by atoms with Crippen molar-refractivity contribution >= 4 is 18.0 Å². The number of fused-ring (bicyclic) bond motifs is 1. The lowest BCUT2D eigenvalue weighted by Crippen LogP contribution is -2.48. The monoisotopic (exact) mass is 356 g/mol. The second-order valence-corrected chi connectivity index (χ2v) is 8.28. The Morgan fingerprint density at radius 1 is 1.31 bits per heavy atom. The number of pyridine rings is 1. The number of nitrogens with one attached hydrogen (secondary N) is 2. The van der Waals surface area contributed by atoms with E-state index in [4.69, 9.17) is 0 Å². The average molecular weight is 356 g/mol. The van der Waals surface area contributed by atoms with Crippen molar-refractivity contribution in [3.8, 4) is 0 Å². The molecule has 0 radical (unpaired) electrons. The fourth-order valence-electron chi connectivity index (χ4n) is 3.71. The van der Waals surface area contributed by atoms with Crippen LogP contribution in [0.3, 0.4) is 0 Å². The zero-order valence-electron chi connectivity index (χ0n) is 15.7. The summed E-state index contributed by atoms with van der Waals surface area (Å²) in [6.45, 7) is 8.35. The lowest BCUT2D eigenvalue weighted by molar-refractivity contribution is -0.116. The Balaban J connectivity index is 1.33. The second-order valence-electron chi connectivity index (χ2n) is 8.28. The Hall–Kier alpha value is -2.37. The molecule has 2 fully saturated rings. The molecule has 2 heterocycles. The van der Waals surface area contributed by atoms with Crippen LogP contribution in [0, 0.1) is 17.8 Å². The van der Waals surface area contributed by atoms with E-state index in [1.165, 1.54) is 0 Å². The number of likely N-dealkylation sites (tertiary alicyclic amines) is 1. The number of urea groups is 1. The molecule has 1 aromatic rings. The zero-order valence-corrected chi connectivity index (χ0v) is 15.7. The quantitative estimate of drug-likeness (QED) is 0.795. The van der Waals surface area contributed by atoms with Crippen molar-refractivity contribution in [3.05, 3.63) is 36.2 Å². The molecule has 140 valence electrons. The minimum absolute atomic E-state index is 0.0392. The predicted octanol–water partition coefficient (Wildman–Crippen LogP) is 2.29. The summed E-state index contributed by atoms with van der Waals surface area (Å²) in [6, 6.07) is 3.79. The molecule has 3 rings (SSSR count). The van der Waals surface area contributed by atoms with Crippen LogP contribution >= 0.6 is 0 Å². The van der Waals surface area contributed by atoms with Gasteiger partial charge in [0.2, 0.25) is 5.91 Å². The van der Waals surface area contributed by atoms with Crippen LogP contribution in [0.25, 0.3) is 6.08 Å². The first kappa shape index (κ1) is 18.4. The topological polar surface area (TPSA) is 74.3 Å². The number of nitrogens with zero attached hydrogens (tertiary/aromatic N) is 2. The molecule has 1 aliphatic carbocycles. The smallest absolute Gasteiger partial charge is 0.317 e. The average Bonchev–Trinajstić information content (AvgIpc) is 3.02. The Labute approximate surface area is 155 Å². The van der Waals surface area contributed by atoms with Gasteiger partial charge in [0.15, 0.2) is 0 Å². The van der Waals surface area contributed by atoms with Crippen LogP contribution in [0.2, 0.25) is 0 Å². The summed E-state index contributed by atoms with van der Waals surface area (Å²) in [5, 5.41) is 5.96. The molecule has 0 bridgehead atoms. The molecule has 3 atom stereocenters. The van der Waals surface area contributed by atoms with Crippen LogP contribution in [0.15, 0.2) is 30.6 Å². The molecule has 0 aromatic carbocycles. The van der Waals surface area contributed by atoms with E-state index >= 15 is 0 Å². The molecular weight excluding hydrogens is 328 g/mol. The van der Waals surface area contributed by atoms with Crippen LogP contribution in [0.1, 0.15) is 32.8 Å². The lowest BCUT2D eigenvalue weighted by Gasteiger charge is -2.27. The van der Waals surface area contributed by atoms with Gasteiger partial charge in [-0.2, -0.15) is 0 Å². The maximum Gasteiger partial charge on any atom is 0.317 e. The summed E-state index contributed by atoms with van der Waals surface area (Å²) in [5.41, 5.74) is 0.713. The number of rotatable bonds is 5. The SMILES string of the molecule is CC(C)(C)NC(=O)N1C[C@@H]2C(CCNC(=O)/C=C/c3cccnc3)[C@@H]2C1. The maximum atomic E-state index is 12.2. The van der Waals surface area contributed by atoms with Crippen molar-refractivity contribution < 1.29 is 9.59 Å². The fraction of sp³-hybridized carbons (Fsp3) is 0.550. The van der Waals surface area contributed by atoms with Crippen LogP contribution in [0.5, 0.6) is 0 Å². The Morgan fingerprint density at radius 2 is 2.04 bits per heavy atom. The predicted molar refractivity (Wildman–Crippen MR) is 101 cm³/mol. The first-order valence-corrected chi connectivity index (χ1v) is 9.26. The second kappa shape index (κ2) is 7.48. The molecule has 1 aromatic heterocycles. The van der Waals surface area contributed by atoms with Gasteiger partial charge in [-0.15, -0.1) is 0 Å². The van der Waals surface area contributed by atoms with E-state index in [9.17, 15) is 9.59 Å². The molecular formula is C20H28N4O2. The van der Waals surface area contributed by atoms with Gasteiger partial charge in [0.1, 0.15) is 0 Å². The molecule has 0 spiro atoms. The standard InChI is InChI=1S/C20H28N4O2/c1-20(2,3)23-19(26)24-12-16-15(17(16)13-24)8-10-22-18(25)7-6-14-5-4-9-21-11-14/h4-7,9,11,15-17H,8,10,12-13H2,1-3H3,(H,22,25)(H,23,26)/b7-6+/t15?,16-,17+. The highest BCUT2D eigenvalue weighted by Crippen LogP contribution is 2.53. The van der Waals surface area contributed by atoms with E-state index < -0.39 is 0 Å². The third kappa shape index (κ3) is 4.84. The maximum absolute atomic E-state index is 12.2. The Bertz CT molecular complexity index is 669. The highest BCUT2D eigenvalue weighted by Gasteiger charge is 2.55. The largest absolute Gasteiger partial charge is 0.353 e. The minimum Gasteiger partial charge on any atom is -0.353 e. The van der Waals surface area contributed by atoms with Gasteiger partial charge in [-0.05, 0) is 62.7 Å². The summed E-state index contributed by atoms with van der Waals surface area (Å²) in [5.74, 6) is 1.76. The van der Waals surface area contributed by atoms with Crippen LogP contribution in [0.4, 0.5) is 4.79 Å². The fourth-order valence-corrected chi connectivity index (χ4v) is 3.71. The van der Waals surface area contributed by atoms with Crippen molar-refractivity contribution in [2.75, 3.05) is 19.6 Å². The number of amides is 3. The molecule has 6 nitrogen and oxygen atoms in total. The van der Waals surface area contributed by atoms with Crippen molar-refractivity contribution in [2.24, 2.45) is 17.8 Å². The first-order valence-electron chi connectivity index (χ1n) is 9.26. The van der Waals surface area contributed by atoms with E-state index in [2.05, 4.69) is 15.6 Å². The van der Waals surface area contributed by atoms with Gasteiger partial charge in [-0.1, -0.05) is 6.07 Å². The third-order valence-corrected chi connectivity index (χ3v) is 5.03. The Kier molecular flexibility index (Phi) is 5.30. The van der Waals surface area contributed by atoms with Gasteiger partial charge in [-0.25, -0.2) is 4.79 Å². The third-order valence-electron chi connectivity index (χ3n) is 5.03. The molecule has 1 saturated heterocycles. The van der Waals surface area contributed by atoms with Gasteiger partial charge in [0.25, 0.3) is 0 Å². The number of carbonyl (C=O) groups is 2. The van der Waals surface area contributed by atoms with Crippen LogP contribution in [-0.4, -0.2) is 47.0 Å². The van der Waals surface area contributed by atoms with Crippen LogP contribution in [-0.2, 0) is 4.79 Å². The molecule has 1 saturated carbocycles. The summed E-state index contributed by atoms with van der Waals surface area (Å²) >= 11 is 0. The highest BCUT2D eigenvalue weighted by molar-refractivity contribution is 5.91. The van der Waals surface area contributed by atoms with Crippen molar-refractivity contribution in [2.45, 2.75) is 32.7 Å². The molecule has 26 heavy (non-hydrogen) atoms.